The third kappa shape index (κ3) is 3.37. The molecule has 2 amide bonds. The fourth-order valence-corrected chi connectivity index (χ4v) is 3.19. The maximum Gasteiger partial charge on any atom is 0.242 e. The van der Waals surface area contributed by atoms with Crippen LogP contribution in [0.4, 0.5) is 4.39 Å². The van der Waals surface area contributed by atoms with Crippen LogP contribution in [0.2, 0.25) is 0 Å². The Labute approximate surface area is 135 Å². The van der Waals surface area contributed by atoms with Crippen LogP contribution in [0.25, 0.3) is 0 Å². The van der Waals surface area contributed by atoms with E-state index < -0.39 is 11.5 Å². The van der Waals surface area contributed by atoms with Crippen molar-refractivity contribution >= 4 is 11.8 Å². The average molecular weight is 319 g/mol. The lowest BCUT2D eigenvalue weighted by molar-refractivity contribution is -0.137. The molecule has 2 aliphatic heterocycles. The number of hydrogen-bond donors (Lipinski definition) is 3. The standard InChI is InChI=1S/C17H22FN3O2/c18-13-6-2-1-5-12(13)9-17(10-19-11-17)16(23)21-14-7-3-4-8-20-15(14)22/h1-2,5-6,14,19H,3-4,7-11H2,(H,20,22)(H,21,23). The smallest absolute Gasteiger partial charge is 0.242 e. The molecule has 23 heavy (non-hydrogen) atoms. The van der Waals surface area contributed by atoms with E-state index in [1.54, 1.807) is 18.2 Å². The van der Waals surface area contributed by atoms with Crippen LogP contribution in [-0.4, -0.2) is 37.5 Å². The molecule has 124 valence electrons. The monoisotopic (exact) mass is 319 g/mol. The number of hydrogen-bond acceptors (Lipinski definition) is 3. The number of carbonyl (C=O) groups excluding carboxylic acids is 2. The molecular formula is C17H22FN3O2. The van der Waals surface area contributed by atoms with Gasteiger partial charge >= 0.3 is 0 Å². The van der Waals surface area contributed by atoms with Gasteiger partial charge in [0.1, 0.15) is 11.9 Å². The topological polar surface area (TPSA) is 70.2 Å². The summed E-state index contributed by atoms with van der Waals surface area (Å²) < 4.78 is 13.9. The summed E-state index contributed by atoms with van der Waals surface area (Å²) >= 11 is 0. The fourth-order valence-electron chi connectivity index (χ4n) is 3.19. The SMILES string of the molecule is O=C1NCCCCC1NC(=O)C1(Cc2ccccc2F)CNC1. The van der Waals surface area contributed by atoms with Crippen molar-refractivity contribution in [3.8, 4) is 0 Å². The summed E-state index contributed by atoms with van der Waals surface area (Å²) in [5.74, 6) is -0.579. The van der Waals surface area contributed by atoms with Crippen LogP contribution in [0.1, 0.15) is 24.8 Å². The van der Waals surface area contributed by atoms with Gasteiger partial charge in [-0.3, -0.25) is 9.59 Å². The molecule has 2 saturated heterocycles. The highest BCUT2D eigenvalue weighted by atomic mass is 19.1. The normalized spacial score (nSPS) is 23.3. The molecule has 0 spiro atoms. The van der Waals surface area contributed by atoms with Crippen molar-refractivity contribution in [2.75, 3.05) is 19.6 Å². The first-order valence-electron chi connectivity index (χ1n) is 8.14. The second kappa shape index (κ2) is 6.66. The lowest BCUT2D eigenvalue weighted by Crippen LogP contribution is -2.64. The van der Waals surface area contributed by atoms with Crippen molar-refractivity contribution in [2.24, 2.45) is 5.41 Å². The Balaban J connectivity index is 1.71. The molecular weight excluding hydrogens is 297 g/mol. The van der Waals surface area contributed by atoms with Crippen LogP contribution in [0.3, 0.4) is 0 Å². The van der Waals surface area contributed by atoms with Crippen LogP contribution in [0.5, 0.6) is 0 Å². The molecule has 0 aromatic heterocycles. The molecule has 5 nitrogen and oxygen atoms in total. The van der Waals surface area contributed by atoms with Crippen molar-refractivity contribution in [3.63, 3.8) is 0 Å². The summed E-state index contributed by atoms with van der Waals surface area (Å²) in [6.07, 6.45) is 2.83. The highest BCUT2D eigenvalue weighted by molar-refractivity contribution is 5.91. The number of benzene rings is 1. The minimum Gasteiger partial charge on any atom is -0.354 e. The lowest BCUT2D eigenvalue weighted by atomic mass is 9.75. The van der Waals surface area contributed by atoms with E-state index >= 15 is 0 Å². The van der Waals surface area contributed by atoms with Gasteiger partial charge in [0, 0.05) is 19.6 Å². The van der Waals surface area contributed by atoms with Crippen LogP contribution in [0.15, 0.2) is 24.3 Å². The molecule has 3 rings (SSSR count). The zero-order valence-corrected chi connectivity index (χ0v) is 13.0. The number of halogens is 1. The highest BCUT2D eigenvalue weighted by Crippen LogP contribution is 2.29. The first-order valence-corrected chi connectivity index (χ1v) is 8.14. The van der Waals surface area contributed by atoms with E-state index in [1.807, 2.05) is 0 Å². The van der Waals surface area contributed by atoms with Crippen molar-refractivity contribution < 1.29 is 14.0 Å². The fraction of sp³-hybridized carbons (Fsp3) is 0.529. The van der Waals surface area contributed by atoms with E-state index in [1.165, 1.54) is 6.07 Å². The van der Waals surface area contributed by atoms with Crippen molar-refractivity contribution in [3.05, 3.63) is 35.6 Å². The van der Waals surface area contributed by atoms with Crippen molar-refractivity contribution in [1.29, 1.82) is 0 Å². The second-order valence-electron chi connectivity index (χ2n) is 6.46. The molecule has 0 saturated carbocycles. The molecule has 3 N–H and O–H groups in total. The van der Waals surface area contributed by atoms with E-state index in [9.17, 15) is 14.0 Å². The molecule has 1 unspecified atom stereocenters. The Morgan fingerprint density at radius 3 is 2.78 bits per heavy atom. The maximum absolute atomic E-state index is 13.9. The predicted molar refractivity (Wildman–Crippen MR) is 84.2 cm³/mol. The largest absolute Gasteiger partial charge is 0.354 e. The summed E-state index contributed by atoms with van der Waals surface area (Å²) in [5, 5.41) is 8.79. The van der Waals surface area contributed by atoms with Gasteiger partial charge in [0.05, 0.1) is 5.41 Å². The molecule has 2 heterocycles. The summed E-state index contributed by atoms with van der Waals surface area (Å²) in [5.41, 5.74) is -0.135. The molecule has 1 atom stereocenters. The Morgan fingerprint density at radius 1 is 1.30 bits per heavy atom. The number of rotatable bonds is 4. The van der Waals surface area contributed by atoms with Crippen LogP contribution >= 0.6 is 0 Å². The third-order valence-corrected chi connectivity index (χ3v) is 4.74. The van der Waals surface area contributed by atoms with E-state index in [-0.39, 0.29) is 17.6 Å². The lowest BCUT2D eigenvalue weighted by Gasteiger charge is -2.42. The molecule has 1 aromatic carbocycles. The molecule has 2 aliphatic rings. The van der Waals surface area contributed by atoms with E-state index in [0.29, 0.717) is 38.0 Å². The molecule has 6 heteroatoms. The Bertz CT molecular complexity index is 601. The Hall–Kier alpha value is -1.95. The Kier molecular flexibility index (Phi) is 4.61. The van der Waals surface area contributed by atoms with Crippen molar-refractivity contribution in [2.45, 2.75) is 31.7 Å². The van der Waals surface area contributed by atoms with Gasteiger partial charge in [0.15, 0.2) is 0 Å². The third-order valence-electron chi connectivity index (χ3n) is 4.74. The van der Waals surface area contributed by atoms with Gasteiger partial charge in [0.25, 0.3) is 0 Å². The summed E-state index contributed by atoms with van der Waals surface area (Å²) in [6.45, 7) is 1.66. The maximum atomic E-state index is 13.9. The highest BCUT2D eigenvalue weighted by Gasteiger charge is 2.45. The van der Waals surface area contributed by atoms with Crippen LogP contribution in [-0.2, 0) is 16.0 Å². The first kappa shape index (κ1) is 15.9. The predicted octanol–water partition coefficient (Wildman–Crippen LogP) is 0.743. The minimum absolute atomic E-state index is 0.121. The zero-order chi connectivity index (χ0) is 16.3. The van der Waals surface area contributed by atoms with E-state index in [2.05, 4.69) is 16.0 Å². The summed E-state index contributed by atoms with van der Waals surface area (Å²) in [7, 11) is 0. The average Bonchev–Trinajstić information content (AvgIpc) is 2.70. The minimum atomic E-state index is -0.672. The molecule has 0 aliphatic carbocycles. The van der Waals surface area contributed by atoms with Gasteiger partial charge in [-0.15, -0.1) is 0 Å². The molecule has 1 aromatic rings. The van der Waals surface area contributed by atoms with Gasteiger partial charge in [-0.1, -0.05) is 18.2 Å². The van der Waals surface area contributed by atoms with E-state index in [0.717, 1.165) is 12.8 Å². The summed E-state index contributed by atoms with van der Waals surface area (Å²) in [6, 6.07) is 6.05. The quantitative estimate of drug-likeness (QED) is 0.767. The van der Waals surface area contributed by atoms with Crippen molar-refractivity contribution in [1.82, 2.24) is 16.0 Å². The number of carbonyl (C=O) groups is 2. The summed E-state index contributed by atoms with van der Waals surface area (Å²) in [4.78, 5) is 24.7. The van der Waals surface area contributed by atoms with Gasteiger partial charge in [-0.05, 0) is 37.3 Å². The number of amides is 2. The zero-order valence-electron chi connectivity index (χ0n) is 13.0. The number of nitrogens with one attached hydrogen (secondary N) is 3. The van der Waals surface area contributed by atoms with Crippen LogP contribution in [0, 0.1) is 11.2 Å². The van der Waals surface area contributed by atoms with Gasteiger partial charge in [0.2, 0.25) is 11.8 Å². The first-order chi connectivity index (χ1) is 11.1. The molecule has 0 radical (unpaired) electrons. The van der Waals surface area contributed by atoms with E-state index in [4.69, 9.17) is 0 Å². The van der Waals surface area contributed by atoms with Gasteiger partial charge in [-0.2, -0.15) is 0 Å². The Morgan fingerprint density at radius 2 is 2.09 bits per heavy atom. The van der Waals surface area contributed by atoms with Crippen LogP contribution < -0.4 is 16.0 Å². The second-order valence-corrected chi connectivity index (χ2v) is 6.46. The molecule has 2 fully saturated rings. The molecule has 0 bridgehead atoms. The van der Waals surface area contributed by atoms with Gasteiger partial charge < -0.3 is 16.0 Å². The van der Waals surface area contributed by atoms with Gasteiger partial charge in [-0.25, -0.2) is 4.39 Å².